The number of carbonyl (C=O) groups is 2. The maximum Gasteiger partial charge on any atom is 0.275 e. The van der Waals surface area contributed by atoms with Crippen LogP contribution in [0.3, 0.4) is 0 Å². The summed E-state index contributed by atoms with van der Waals surface area (Å²) in [7, 11) is 0. The number of pyridine rings is 1. The van der Waals surface area contributed by atoms with Gasteiger partial charge in [-0.25, -0.2) is 4.98 Å². The normalized spacial score (nSPS) is 10.5. The van der Waals surface area contributed by atoms with Crippen LogP contribution in [0.25, 0.3) is 5.65 Å². The minimum atomic E-state index is -0.300. The Kier molecular flexibility index (Phi) is 3.80. The lowest BCUT2D eigenvalue weighted by Gasteiger charge is -2.06. The summed E-state index contributed by atoms with van der Waals surface area (Å²) < 4.78 is 1.80. The second kappa shape index (κ2) is 5.92. The number of nitrogens with one attached hydrogen (secondary N) is 2. The number of aromatic nitrogens is 2. The third-order valence-corrected chi connectivity index (χ3v) is 3.29. The van der Waals surface area contributed by atoms with E-state index < -0.39 is 0 Å². The van der Waals surface area contributed by atoms with Crippen molar-refractivity contribution in [1.82, 2.24) is 9.38 Å². The molecular weight excluding hydrogens is 292 g/mol. The SMILES string of the molecule is CC(=O)Nc1cccc(NC(=O)c2cn3ccc(C)cc3n2)c1. The minimum absolute atomic E-state index is 0.163. The van der Waals surface area contributed by atoms with Crippen molar-refractivity contribution in [3.63, 3.8) is 0 Å². The number of hydrogen-bond donors (Lipinski definition) is 2. The number of aryl methyl sites for hydroxylation is 1. The van der Waals surface area contributed by atoms with Crippen molar-refractivity contribution in [2.24, 2.45) is 0 Å². The summed E-state index contributed by atoms with van der Waals surface area (Å²) in [6.07, 6.45) is 3.55. The lowest BCUT2D eigenvalue weighted by Crippen LogP contribution is -2.13. The number of nitrogens with zero attached hydrogens (tertiary/aromatic N) is 2. The third kappa shape index (κ3) is 3.37. The number of imidazole rings is 1. The maximum atomic E-state index is 12.3. The summed E-state index contributed by atoms with van der Waals surface area (Å²) in [5.74, 6) is -0.462. The zero-order chi connectivity index (χ0) is 16.4. The molecule has 2 amide bonds. The van der Waals surface area contributed by atoms with Gasteiger partial charge in [0, 0.05) is 30.7 Å². The van der Waals surface area contributed by atoms with Crippen molar-refractivity contribution in [1.29, 1.82) is 0 Å². The Hall–Kier alpha value is -3.15. The number of carbonyl (C=O) groups excluding carboxylic acids is 2. The van der Waals surface area contributed by atoms with Crippen molar-refractivity contribution >= 4 is 28.8 Å². The number of amides is 2. The van der Waals surface area contributed by atoms with Crippen LogP contribution in [0, 0.1) is 6.92 Å². The molecule has 0 aliphatic carbocycles. The Balaban J connectivity index is 1.81. The van der Waals surface area contributed by atoms with Gasteiger partial charge in [-0.1, -0.05) is 6.07 Å². The maximum absolute atomic E-state index is 12.3. The molecule has 0 bridgehead atoms. The van der Waals surface area contributed by atoms with Gasteiger partial charge in [0.2, 0.25) is 5.91 Å². The van der Waals surface area contributed by atoms with Crippen LogP contribution in [0.1, 0.15) is 23.0 Å². The van der Waals surface area contributed by atoms with Crippen LogP contribution in [-0.4, -0.2) is 21.2 Å². The number of benzene rings is 1. The first-order valence-electron chi connectivity index (χ1n) is 7.15. The van der Waals surface area contributed by atoms with E-state index in [1.165, 1.54) is 6.92 Å². The van der Waals surface area contributed by atoms with E-state index in [0.29, 0.717) is 17.1 Å². The molecule has 0 radical (unpaired) electrons. The second-order valence-corrected chi connectivity index (χ2v) is 5.31. The smallest absolute Gasteiger partial charge is 0.275 e. The van der Waals surface area contributed by atoms with Gasteiger partial charge in [0.15, 0.2) is 0 Å². The Labute approximate surface area is 133 Å². The molecule has 3 rings (SSSR count). The van der Waals surface area contributed by atoms with Crippen molar-refractivity contribution in [3.05, 3.63) is 60.0 Å². The molecule has 0 aliphatic heterocycles. The van der Waals surface area contributed by atoms with Crippen LogP contribution >= 0.6 is 0 Å². The molecule has 0 fully saturated rings. The highest BCUT2D eigenvalue weighted by Gasteiger charge is 2.11. The monoisotopic (exact) mass is 308 g/mol. The molecule has 1 aromatic carbocycles. The summed E-state index contributed by atoms with van der Waals surface area (Å²) in [6, 6.07) is 10.8. The molecular formula is C17H16N4O2. The number of anilines is 2. The average molecular weight is 308 g/mol. The second-order valence-electron chi connectivity index (χ2n) is 5.31. The van der Waals surface area contributed by atoms with Gasteiger partial charge in [-0.15, -0.1) is 0 Å². The van der Waals surface area contributed by atoms with E-state index in [-0.39, 0.29) is 11.8 Å². The van der Waals surface area contributed by atoms with Gasteiger partial charge >= 0.3 is 0 Å². The van der Waals surface area contributed by atoms with E-state index in [0.717, 1.165) is 11.2 Å². The lowest BCUT2D eigenvalue weighted by molar-refractivity contribution is -0.114. The molecule has 0 saturated carbocycles. The molecule has 0 saturated heterocycles. The van der Waals surface area contributed by atoms with Crippen molar-refractivity contribution in [3.8, 4) is 0 Å². The van der Waals surface area contributed by atoms with Gasteiger partial charge in [0.25, 0.3) is 5.91 Å². The summed E-state index contributed by atoms with van der Waals surface area (Å²) in [5.41, 5.74) is 3.36. The van der Waals surface area contributed by atoms with E-state index in [1.807, 2.05) is 25.3 Å². The van der Waals surface area contributed by atoms with Crippen LogP contribution in [0.2, 0.25) is 0 Å². The summed E-state index contributed by atoms with van der Waals surface area (Å²) in [4.78, 5) is 27.7. The van der Waals surface area contributed by atoms with E-state index in [9.17, 15) is 9.59 Å². The largest absolute Gasteiger partial charge is 0.326 e. The fraction of sp³-hybridized carbons (Fsp3) is 0.118. The predicted molar refractivity (Wildman–Crippen MR) is 88.6 cm³/mol. The standard InChI is InChI=1S/C17H16N4O2/c1-11-6-7-21-10-15(20-16(21)8-11)17(23)19-14-5-3-4-13(9-14)18-12(2)22/h3-10H,1-2H3,(H,18,22)(H,19,23). The predicted octanol–water partition coefficient (Wildman–Crippen LogP) is 2.85. The Morgan fingerprint density at radius 2 is 1.83 bits per heavy atom. The molecule has 2 N–H and O–H groups in total. The van der Waals surface area contributed by atoms with E-state index in [1.54, 1.807) is 34.9 Å². The van der Waals surface area contributed by atoms with Crippen LogP contribution in [0.15, 0.2) is 48.8 Å². The molecule has 0 spiro atoms. The molecule has 23 heavy (non-hydrogen) atoms. The van der Waals surface area contributed by atoms with Crippen LogP contribution < -0.4 is 10.6 Å². The van der Waals surface area contributed by atoms with E-state index in [4.69, 9.17) is 0 Å². The molecule has 0 aliphatic rings. The van der Waals surface area contributed by atoms with Gasteiger partial charge in [0.1, 0.15) is 11.3 Å². The fourth-order valence-corrected chi connectivity index (χ4v) is 2.27. The van der Waals surface area contributed by atoms with Crippen LogP contribution in [-0.2, 0) is 4.79 Å². The summed E-state index contributed by atoms with van der Waals surface area (Å²) in [6.45, 7) is 3.41. The number of hydrogen-bond acceptors (Lipinski definition) is 3. The molecule has 2 aromatic heterocycles. The highest BCUT2D eigenvalue weighted by molar-refractivity contribution is 6.03. The van der Waals surface area contributed by atoms with E-state index in [2.05, 4.69) is 15.6 Å². The molecule has 116 valence electrons. The summed E-state index contributed by atoms with van der Waals surface area (Å²) in [5, 5.41) is 5.46. The topological polar surface area (TPSA) is 75.5 Å². The first-order valence-corrected chi connectivity index (χ1v) is 7.15. The number of fused-ring (bicyclic) bond motifs is 1. The van der Waals surface area contributed by atoms with Crippen LogP contribution in [0.4, 0.5) is 11.4 Å². The lowest BCUT2D eigenvalue weighted by atomic mass is 10.2. The van der Waals surface area contributed by atoms with Crippen molar-refractivity contribution < 1.29 is 9.59 Å². The molecule has 6 heteroatoms. The Morgan fingerprint density at radius 3 is 2.57 bits per heavy atom. The molecule has 0 unspecified atom stereocenters. The highest BCUT2D eigenvalue weighted by Crippen LogP contribution is 2.16. The quantitative estimate of drug-likeness (QED) is 0.781. The molecule has 0 atom stereocenters. The zero-order valence-electron chi connectivity index (χ0n) is 12.8. The van der Waals surface area contributed by atoms with Crippen molar-refractivity contribution in [2.45, 2.75) is 13.8 Å². The minimum Gasteiger partial charge on any atom is -0.326 e. The fourth-order valence-electron chi connectivity index (χ4n) is 2.27. The first kappa shape index (κ1) is 14.8. The summed E-state index contributed by atoms with van der Waals surface area (Å²) >= 11 is 0. The molecule has 6 nitrogen and oxygen atoms in total. The van der Waals surface area contributed by atoms with Gasteiger partial charge in [-0.2, -0.15) is 0 Å². The highest BCUT2D eigenvalue weighted by atomic mass is 16.2. The Morgan fingerprint density at radius 1 is 1.09 bits per heavy atom. The van der Waals surface area contributed by atoms with Gasteiger partial charge in [-0.3, -0.25) is 9.59 Å². The van der Waals surface area contributed by atoms with Gasteiger partial charge in [-0.05, 0) is 42.8 Å². The Bertz CT molecular complexity index is 898. The number of rotatable bonds is 3. The van der Waals surface area contributed by atoms with Gasteiger partial charge in [0.05, 0.1) is 0 Å². The van der Waals surface area contributed by atoms with E-state index >= 15 is 0 Å². The molecule has 3 aromatic rings. The average Bonchev–Trinajstić information content (AvgIpc) is 2.90. The first-order chi connectivity index (χ1) is 11.0. The van der Waals surface area contributed by atoms with Gasteiger partial charge < -0.3 is 15.0 Å². The third-order valence-electron chi connectivity index (χ3n) is 3.29. The molecule has 2 heterocycles. The van der Waals surface area contributed by atoms with Crippen molar-refractivity contribution in [2.75, 3.05) is 10.6 Å². The zero-order valence-corrected chi connectivity index (χ0v) is 12.8. The van der Waals surface area contributed by atoms with Crippen LogP contribution in [0.5, 0.6) is 0 Å².